The summed E-state index contributed by atoms with van der Waals surface area (Å²) in [5.41, 5.74) is 16.2. The molecular weight excluding hydrogens is 596 g/mol. The molecule has 0 bridgehead atoms. The number of phenolic OH excluding ortho intramolecular Hbond substituents is 2. The molecule has 0 atom stereocenters. The van der Waals surface area contributed by atoms with E-state index >= 15 is 0 Å². The van der Waals surface area contributed by atoms with Gasteiger partial charge in [0.25, 0.3) is 0 Å². The van der Waals surface area contributed by atoms with Gasteiger partial charge in [-0.15, -0.1) is 0 Å². The van der Waals surface area contributed by atoms with Crippen molar-refractivity contribution in [1.82, 2.24) is 0 Å². The van der Waals surface area contributed by atoms with Crippen molar-refractivity contribution in [2.75, 3.05) is 11.5 Å². The van der Waals surface area contributed by atoms with Gasteiger partial charge in [0, 0.05) is 40.5 Å². The van der Waals surface area contributed by atoms with Gasteiger partial charge < -0.3 is 31.2 Å². The SMILES string of the molecule is Nc1cc(Oc2cc(C#Cc3ccccc3)c(C#Cc3ccccc3)c(C#Cc3ccccc3)c2Oc2ccc(O)c(N)c2)ccc1O. The second-order valence-corrected chi connectivity index (χ2v) is 10.5. The van der Waals surface area contributed by atoms with E-state index in [1.807, 2.05) is 91.0 Å². The van der Waals surface area contributed by atoms with E-state index in [1.165, 1.54) is 24.3 Å². The fourth-order valence-corrected chi connectivity index (χ4v) is 4.58. The van der Waals surface area contributed by atoms with Gasteiger partial charge in [-0.05, 0) is 60.7 Å². The molecule has 6 heteroatoms. The van der Waals surface area contributed by atoms with E-state index in [2.05, 4.69) is 35.5 Å². The number of ether oxygens (including phenoxy) is 2. The molecule has 0 heterocycles. The van der Waals surface area contributed by atoms with Crippen molar-refractivity contribution >= 4 is 11.4 Å². The third-order valence-electron chi connectivity index (χ3n) is 7.02. The van der Waals surface area contributed by atoms with E-state index in [1.54, 1.807) is 18.2 Å². The smallest absolute Gasteiger partial charge is 0.186 e. The van der Waals surface area contributed by atoms with Crippen LogP contribution in [0.1, 0.15) is 33.4 Å². The van der Waals surface area contributed by atoms with Crippen molar-refractivity contribution in [3.05, 3.63) is 167 Å². The predicted molar refractivity (Wildman–Crippen MR) is 189 cm³/mol. The zero-order valence-corrected chi connectivity index (χ0v) is 25.6. The van der Waals surface area contributed by atoms with Crippen LogP contribution in [0.25, 0.3) is 0 Å². The summed E-state index contributed by atoms with van der Waals surface area (Å²) in [5, 5.41) is 20.1. The summed E-state index contributed by atoms with van der Waals surface area (Å²) in [7, 11) is 0. The Morgan fingerprint density at radius 1 is 0.438 bits per heavy atom. The molecule has 0 aliphatic heterocycles. The molecule has 0 aliphatic rings. The second kappa shape index (κ2) is 14.3. The van der Waals surface area contributed by atoms with Crippen LogP contribution < -0.4 is 20.9 Å². The van der Waals surface area contributed by atoms with Crippen LogP contribution in [0, 0.1) is 35.5 Å². The number of benzene rings is 6. The van der Waals surface area contributed by atoms with Gasteiger partial charge in [0.2, 0.25) is 0 Å². The zero-order valence-electron chi connectivity index (χ0n) is 25.6. The monoisotopic (exact) mass is 624 g/mol. The number of phenols is 2. The topological polar surface area (TPSA) is 111 Å². The molecule has 0 unspecified atom stereocenters. The van der Waals surface area contributed by atoms with Crippen molar-refractivity contribution in [3.63, 3.8) is 0 Å². The lowest BCUT2D eigenvalue weighted by Gasteiger charge is -2.17. The van der Waals surface area contributed by atoms with Gasteiger partial charge in [0.15, 0.2) is 11.5 Å². The van der Waals surface area contributed by atoms with Crippen LogP contribution in [-0.2, 0) is 0 Å². The third-order valence-corrected chi connectivity index (χ3v) is 7.02. The van der Waals surface area contributed by atoms with Gasteiger partial charge in [-0.3, -0.25) is 0 Å². The molecule has 0 aliphatic carbocycles. The molecule has 0 amide bonds. The Morgan fingerprint density at radius 2 is 0.875 bits per heavy atom. The number of rotatable bonds is 4. The Bertz CT molecular complexity index is 2290. The van der Waals surface area contributed by atoms with Gasteiger partial charge in [-0.2, -0.15) is 0 Å². The Labute approximate surface area is 278 Å². The highest BCUT2D eigenvalue weighted by Crippen LogP contribution is 2.42. The summed E-state index contributed by atoms with van der Waals surface area (Å²) in [5.74, 6) is 20.6. The summed E-state index contributed by atoms with van der Waals surface area (Å²) in [6.07, 6.45) is 0. The maximum atomic E-state index is 10.1. The van der Waals surface area contributed by atoms with Crippen molar-refractivity contribution < 1.29 is 19.7 Å². The maximum absolute atomic E-state index is 10.1. The van der Waals surface area contributed by atoms with Crippen molar-refractivity contribution in [1.29, 1.82) is 0 Å². The number of aromatic hydroxyl groups is 2. The van der Waals surface area contributed by atoms with Crippen LogP contribution in [0.4, 0.5) is 11.4 Å². The molecular formula is C42H28N2O4. The average molecular weight is 625 g/mol. The Morgan fingerprint density at radius 3 is 1.35 bits per heavy atom. The van der Waals surface area contributed by atoms with Gasteiger partial charge >= 0.3 is 0 Å². The number of hydrogen-bond donors (Lipinski definition) is 4. The number of anilines is 2. The van der Waals surface area contributed by atoms with Crippen LogP contribution >= 0.6 is 0 Å². The molecule has 0 spiro atoms. The van der Waals surface area contributed by atoms with Gasteiger partial charge in [0.05, 0.1) is 22.5 Å². The van der Waals surface area contributed by atoms with Crippen LogP contribution in [0.2, 0.25) is 0 Å². The summed E-state index contributed by atoms with van der Waals surface area (Å²) in [4.78, 5) is 0. The van der Waals surface area contributed by atoms with E-state index in [0.29, 0.717) is 28.2 Å². The largest absolute Gasteiger partial charge is 0.506 e. The molecule has 6 nitrogen and oxygen atoms in total. The van der Waals surface area contributed by atoms with Crippen molar-refractivity contribution in [2.24, 2.45) is 0 Å². The van der Waals surface area contributed by atoms with Crippen LogP contribution in [-0.4, -0.2) is 10.2 Å². The first-order valence-corrected chi connectivity index (χ1v) is 14.9. The van der Waals surface area contributed by atoms with E-state index in [0.717, 1.165) is 16.7 Å². The minimum absolute atomic E-state index is 0.0752. The quantitative estimate of drug-likeness (QED) is 0.0898. The molecule has 0 fully saturated rings. The maximum Gasteiger partial charge on any atom is 0.186 e. The van der Waals surface area contributed by atoms with Crippen molar-refractivity contribution in [3.8, 4) is 70.0 Å². The summed E-state index contributed by atoms with van der Waals surface area (Å²) >= 11 is 0. The highest BCUT2D eigenvalue weighted by molar-refractivity contribution is 5.72. The minimum atomic E-state index is -0.0802. The highest BCUT2D eigenvalue weighted by Gasteiger charge is 2.21. The first-order valence-electron chi connectivity index (χ1n) is 14.9. The van der Waals surface area contributed by atoms with Gasteiger partial charge in [-0.1, -0.05) is 90.1 Å². The number of nitrogen functional groups attached to an aromatic ring is 2. The molecule has 48 heavy (non-hydrogen) atoms. The summed E-state index contributed by atoms with van der Waals surface area (Å²) in [6, 6.07) is 39.5. The standard InChI is InChI=1S/C42H28N2O4/c43-37-27-33(20-24-39(37)45)47-41-26-32(19-16-29-10-4-1-5-11-29)35(22-17-30-12-6-2-7-13-30)36(23-18-31-14-8-3-9-15-31)42(41)48-34-21-25-40(46)38(44)28-34/h1-15,20-21,24-28,45-46H,43-44H2. The second-order valence-electron chi connectivity index (χ2n) is 10.5. The molecule has 0 radical (unpaired) electrons. The first-order chi connectivity index (χ1) is 23.4. The molecule has 0 saturated carbocycles. The van der Waals surface area contributed by atoms with Crippen LogP contribution in [0.5, 0.6) is 34.5 Å². The third kappa shape index (κ3) is 7.53. The predicted octanol–water partition coefficient (Wildman–Crippen LogP) is 8.05. The highest BCUT2D eigenvalue weighted by atomic mass is 16.5. The molecule has 6 N–H and O–H groups in total. The Kier molecular flexibility index (Phi) is 9.16. The Hall–Kier alpha value is -7.20. The summed E-state index contributed by atoms with van der Waals surface area (Å²) in [6.45, 7) is 0. The molecule has 0 saturated heterocycles. The minimum Gasteiger partial charge on any atom is -0.506 e. The fraction of sp³-hybridized carbons (Fsp3) is 0. The molecule has 6 aromatic rings. The lowest BCUT2D eigenvalue weighted by atomic mass is 9.98. The number of nitrogens with two attached hydrogens (primary N) is 2. The molecule has 0 aromatic heterocycles. The van der Waals surface area contributed by atoms with Crippen LogP contribution in [0.3, 0.4) is 0 Å². The lowest BCUT2D eigenvalue weighted by Crippen LogP contribution is -2.01. The van der Waals surface area contributed by atoms with E-state index in [4.69, 9.17) is 20.9 Å². The average Bonchev–Trinajstić information content (AvgIpc) is 3.11. The van der Waals surface area contributed by atoms with Crippen molar-refractivity contribution in [2.45, 2.75) is 0 Å². The van der Waals surface area contributed by atoms with E-state index in [-0.39, 0.29) is 34.4 Å². The molecule has 6 aromatic carbocycles. The number of hydrogen-bond acceptors (Lipinski definition) is 6. The zero-order chi connectivity index (χ0) is 33.3. The molecule has 6 rings (SSSR count). The summed E-state index contributed by atoms with van der Waals surface area (Å²) < 4.78 is 12.9. The van der Waals surface area contributed by atoms with Crippen LogP contribution in [0.15, 0.2) is 133 Å². The first kappa shape index (κ1) is 30.8. The van der Waals surface area contributed by atoms with Gasteiger partial charge in [-0.25, -0.2) is 0 Å². The van der Waals surface area contributed by atoms with E-state index in [9.17, 15) is 10.2 Å². The lowest BCUT2D eigenvalue weighted by molar-refractivity contribution is 0.415. The molecule has 230 valence electrons. The van der Waals surface area contributed by atoms with Gasteiger partial charge in [0.1, 0.15) is 23.0 Å². The fourth-order valence-electron chi connectivity index (χ4n) is 4.58. The Balaban J connectivity index is 1.65. The van der Waals surface area contributed by atoms with E-state index < -0.39 is 0 Å². The normalized spacial score (nSPS) is 9.92.